The van der Waals surface area contributed by atoms with Crippen LogP contribution >= 0.6 is 0 Å². The second kappa shape index (κ2) is 11.1. The molecule has 0 unspecified atom stereocenters. The molecule has 0 amide bonds. The van der Waals surface area contributed by atoms with Crippen molar-refractivity contribution in [2.45, 2.75) is 37.4 Å². The van der Waals surface area contributed by atoms with Crippen LogP contribution in [0, 0.1) is 10.1 Å². The summed E-state index contributed by atoms with van der Waals surface area (Å²) >= 11 is 0. The number of benzene rings is 2. The number of hydrogen-bond donors (Lipinski definition) is 1. The summed E-state index contributed by atoms with van der Waals surface area (Å²) in [6.45, 7) is 7.14. The van der Waals surface area contributed by atoms with Gasteiger partial charge in [-0.25, -0.2) is 8.42 Å². The maximum atomic E-state index is 13.6. The van der Waals surface area contributed by atoms with Crippen LogP contribution in [0.2, 0.25) is 0 Å². The zero-order valence-corrected chi connectivity index (χ0v) is 19.8. The molecule has 0 spiro atoms. The zero-order chi connectivity index (χ0) is 24.8. The largest absolute Gasteiger partial charge is 0.497 e. The number of sulfonamides is 1. The smallest absolute Gasteiger partial charge is 0.269 e. The molecule has 0 radical (unpaired) electrons. The fourth-order valence-corrected chi connectivity index (χ4v) is 4.83. The third-order valence-electron chi connectivity index (χ3n) is 4.90. The molecular formula is C23H28N2O7S. The average molecular weight is 477 g/mol. The topological polar surface area (TPSA) is 119 Å². The van der Waals surface area contributed by atoms with E-state index in [1.54, 1.807) is 32.0 Å². The molecule has 0 fully saturated rings. The number of nitro groups is 1. The van der Waals surface area contributed by atoms with Gasteiger partial charge in [0.15, 0.2) is 0 Å². The molecule has 0 aliphatic rings. The molecule has 178 valence electrons. The van der Waals surface area contributed by atoms with Gasteiger partial charge in [0.1, 0.15) is 11.5 Å². The third-order valence-corrected chi connectivity index (χ3v) is 6.76. The number of ether oxygens (including phenoxy) is 2. The number of aliphatic hydroxyl groups excluding tert-OH is 1. The van der Waals surface area contributed by atoms with E-state index in [1.165, 1.54) is 38.5 Å². The predicted molar refractivity (Wildman–Crippen MR) is 125 cm³/mol. The Morgan fingerprint density at radius 2 is 1.82 bits per heavy atom. The Morgan fingerprint density at radius 1 is 1.18 bits per heavy atom. The molecule has 0 saturated heterocycles. The van der Waals surface area contributed by atoms with Gasteiger partial charge in [-0.1, -0.05) is 23.8 Å². The SMILES string of the molecule is C=C[C@H]([C@@H](O)C=C(C)C)N(Cc1ccc(OC)cc1OC)S(=O)(=O)c1ccc([N+](=O)[O-])cc1. The van der Waals surface area contributed by atoms with Gasteiger partial charge in [0.2, 0.25) is 10.0 Å². The summed E-state index contributed by atoms with van der Waals surface area (Å²) in [5.41, 5.74) is 1.09. The van der Waals surface area contributed by atoms with Crippen molar-refractivity contribution >= 4 is 15.7 Å². The molecule has 2 atom stereocenters. The Kier molecular flexibility index (Phi) is 8.75. The van der Waals surface area contributed by atoms with Gasteiger partial charge in [-0.2, -0.15) is 4.31 Å². The quantitative estimate of drug-likeness (QED) is 0.298. The zero-order valence-electron chi connectivity index (χ0n) is 19.0. The van der Waals surface area contributed by atoms with Crippen molar-refractivity contribution in [3.05, 3.63) is 82.4 Å². The minimum atomic E-state index is -4.21. The molecule has 33 heavy (non-hydrogen) atoms. The Bertz CT molecular complexity index is 1120. The maximum Gasteiger partial charge on any atom is 0.269 e. The third kappa shape index (κ3) is 6.19. The monoisotopic (exact) mass is 476 g/mol. The highest BCUT2D eigenvalue weighted by Crippen LogP contribution is 2.30. The van der Waals surface area contributed by atoms with Crippen LogP contribution in [0.15, 0.2) is 71.7 Å². The average Bonchev–Trinajstić information content (AvgIpc) is 2.78. The number of nitrogens with zero attached hydrogens (tertiary/aromatic N) is 2. The maximum absolute atomic E-state index is 13.6. The van der Waals surface area contributed by atoms with Gasteiger partial charge in [-0.05, 0) is 32.0 Å². The highest BCUT2D eigenvalue weighted by Gasteiger charge is 2.34. The molecule has 0 aliphatic carbocycles. The van der Waals surface area contributed by atoms with Gasteiger partial charge < -0.3 is 14.6 Å². The molecule has 2 aromatic carbocycles. The van der Waals surface area contributed by atoms with Crippen LogP contribution in [-0.4, -0.2) is 49.1 Å². The summed E-state index contributed by atoms with van der Waals surface area (Å²) in [7, 11) is -1.25. The number of rotatable bonds is 11. The lowest BCUT2D eigenvalue weighted by atomic mass is 10.1. The van der Waals surface area contributed by atoms with Gasteiger partial charge >= 0.3 is 0 Å². The van der Waals surface area contributed by atoms with Crippen LogP contribution in [0.5, 0.6) is 11.5 Å². The van der Waals surface area contributed by atoms with Gasteiger partial charge in [-0.3, -0.25) is 10.1 Å². The number of non-ortho nitro benzene ring substituents is 1. The Labute approximate surface area is 193 Å². The summed E-state index contributed by atoms with van der Waals surface area (Å²) in [6, 6.07) is 8.52. The van der Waals surface area contributed by atoms with Crippen molar-refractivity contribution in [3.8, 4) is 11.5 Å². The van der Waals surface area contributed by atoms with E-state index in [9.17, 15) is 23.6 Å². The van der Waals surface area contributed by atoms with Gasteiger partial charge in [0, 0.05) is 30.3 Å². The second-order valence-corrected chi connectivity index (χ2v) is 9.33. The van der Waals surface area contributed by atoms with Crippen molar-refractivity contribution < 1.29 is 27.9 Å². The first-order valence-electron chi connectivity index (χ1n) is 9.98. The molecule has 2 aromatic rings. The van der Waals surface area contributed by atoms with E-state index >= 15 is 0 Å². The van der Waals surface area contributed by atoms with E-state index < -0.39 is 27.1 Å². The highest BCUT2D eigenvalue weighted by molar-refractivity contribution is 7.89. The predicted octanol–water partition coefficient (Wildman–Crippen LogP) is 3.68. The lowest BCUT2D eigenvalue weighted by Crippen LogP contribution is -2.44. The highest BCUT2D eigenvalue weighted by atomic mass is 32.2. The molecule has 0 saturated carbocycles. The van der Waals surface area contributed by atoms with E-state index in [1.807, 2.05) is 0 Å². The number of allylic oxidation sites excluding steroid dienone is 1. The van der Waals surface area contributed by atoms with Crippen LogP contribution in [0.1, 0.15) is 19.4 Å². The standard InChI is InChI=1S/C23H28N2O7S/c1-6-21(22(26)13-16(2)3)24(15-17-7-10-19(31-4)14-23(17)32-5)33(29,30)20-11-8-18(9-12-20)25(27)28/h6-14,21-22,26H,1,15H2,2-5H3/t21-,22+/m1/s1. The summed E-state index contributed by atoms with van der Waals surface area (Å²) in [6.07, 6.45) is 1.71. The van der Waals surface area contributed by atoms with Crippen molar-refractivity contribution in [2.24, 2.45) is 0 Å². The Hall–Kier alpha value is -3.21. The number of aliphatic hydroxyl groups is 1. The minimum absolute atomic E-state index is 0.156. The first-order valence-corrected chi connectivity index (χ1v) is 11.4. The fourth-order valence-electron chi connectivity index (χ4n) is 3.24. The van der Waals surface area contributed by atoms with Crippen molar-refractivity contribution in [1.82, 2.24) is 4.31 Å². The van der Waals surface area contributed by atoms with Crippen molar-refractivity contribution in [3.63, 3.8) is 0 Å². The second-order valence-electron chi connectivity index (χ2n) is 7.44. The molecular weight excluding hydrogens is 448 g/mol. The Morgan fingerprint density at radius 3 is 2.30 bits per heavy atom. The molecule has 0 bridgehead atoms. The van der Waals surface area contributed by atoms with Gasteiger partial charge in [-0.15, -0.1) is 6.58 Å². The van der Waals surface area contributed by atoms with E-state index in [-0.39, 0.29) is 17.1 Å². The number of hydrogen-bond acceptors (Lipinski definition) is 7. The lowest BCUT2D eigenvalue weighted by molar-refractivity contribution is -0.384. The molecule has 9 nitrogen and oxygen atoms in total. The number of nitro benzene ring substituents is 1. The molecule has 2 rings (SSSR count). The Balaban J connectivity index is 2.62. The van der Waals surface area contributed by atoms with Gasteiger partial charge in [0.05, 0.1) is 36.2 Å². The normalized spacial score (nSPS) is 13.2. The molecule has 0 aliphatic heterocycles. The van der Waals surface area contributed by atoms with Crippen LogP contribution in [0.25, 0.3) is 0 Å². The first-order chi connectivity index (χ1) is 15.5. The fraction of sp³-hybridized carbons (Fsp3) is 0.304. The molecule has 1 N–H and O–H groups in total. The molecule has 10 heteroatoms. The van der Waals surface area contributed by atoms with E-state index in [2.05, 4.69) is 6.58 Å². The lowest BCUT2D eigenvalue weighted by Gasteiger charge is -2.31. The molecule has 0 heterocycles. The van der Waals surface area contributed by atoms with Crippen LogP contribution in [-0.2, 0) is 16.6 Å². The van der Waals surface area contributed by atoms with E-state index in [0.717, 1.165) is 22.0 Å². The van der Waals surface area contributed by atoms with E-state index in [4.69, 9.17) is 9.47 Å². The van der Waals surface area contributed by atoms with E-state index in [0.29, 0.717) is 17.1 Å². The van der Waals surface area contributed by atoms with Crippen LogP contribution in [0.3, 0.4) is 0 Å². The summed E-state index contributed by atoms with van der Waals surface area (Å²) in [4.78, 5) is 10.2. The van der Waals surface area contributed by atoms with Crippen LogP contribution < -0.4 is 9.47 Å². The van der Waals surface area contributed by atoms with Crippen molar-refractivity contribution in [1.29, 1.82) is 0 Å². The summed E-state index contributed by atoms with van der Waals surface area (Å²) in [5.74, 6) is 0.933. The summed E-state index contributed by atoms with van der Waals surface area (Å²) in [5, 5.41) is 21.7. The van der Waals surface area contributed by atoms with Gasteiger partial charge in [0.25, 0.3) is 5.69 Å². The summed E-state index contributed by atoms with van der Waals surface area (Å²) < 4.78 is 39.0. The van der Waals surface area contributed by atoms with Crippen molar-refractivity contribution in [2.75, 3.05) is 14.2 Å². The minimum Gasteiger partial charge on any atom is -0.497 e. The first kappa shape index (κ1) is 26.0. The van der Waals surface area contributed by atoms with Crippen LogP contribution in [0.4, 0.5) is 5.69 Å². The number of methoxy groups -OCH3 is 2. The molecule has 0 aromatic heterocycles.